The third-order valence-corrected chi connectivity index (χ3v) is 5.59. The maximum atomic E-state index is 12.5. The first-order valence-electron chi connectivity index (χ1n) is 8.19. The molecule has 0 atom stereocenters. The fraction of sp³-hybridized carbons (Fsp3) is 0.444. The molecule has 3 rings (SSSR count). The molecule has 5 nitrogen and oxygen atoms in total. The summed E-state index contributed by atoms with van der Waals surface area (Å²) in [5.41, 5.74) is 2.64. The van der Waals surface area contributed by atoms with Crippen molar-refractivity contribution in [2.24, 2.45) is 0 Å². The number of rotatable bonds is 4. The van der Waals surface area contributed by atoms with Crippen LogP contribution in [0.25, 0.3) is 5.69 Å². The van der Waals surface area contributed by atoms with Crippen molar-refractivity contribution in [3.63, 3.8) is 0 Å². The number of hydrogen-bond donors (Lipinski definition) is 2. The quantitative estimate of drug-likeness (QED) is 0.893. The zero-order valence-corrected chi connectivity index (χ0v) is 14.9. The van der Waals surface area contributed by atoms with E-state index in [0.29, 0.717) is 12.1 Å². The van der Waals surface area contributed by atoms with Crippen LogP contribution in [0.1, 0.15) is 34.5 Å². The Hall–Kier alpha value is -1.79. The van der Waals surface area contributed by atoms with Crippen molar-refractivity contribution in [3.8, 4) is 5.69 Å². The van der Waals surface area contributed by atoms with Crippen molar-refractivity contribution in [1.82, 2.24) is 15.1 Å². The summed E-state index contributed by atoms with van der Waals surface area (Å²) in [4.78, 5) is 12.5. The molecule has 6 heteroatoms. The highest BCUT2D eigenvalue weighted by molar-refractivity contribution is 7.99. The standard InChI is InChI=1S/C18H23N3O2S/c1-13-5-3-4-6-16(13)21-14(2)15(11-20-21)17(22)19-12-18(23)7-9-24-10-8-18/h3-6,11,23H,7-10,12H2,1-2H3,(H,19,22). The van der Waals surface area contributed by atoms with Gasteiger partial charge in [-0.1, -0.05) is 18.2 Å². The number of hydrogen-bond acceptors (Lipinski definition) is 4. The van der Waals surface area contributed by atoms with Gasteiger partial charge in [0.25, 0.3) is 5.91 Å². The number of carbonyl (C=O) groups is 1. The monoisotopic (exact) mass is 345 g/mol. The van der Waals surface area contributed by atoms with Gasteiger partial charge in [-0.05, 0) is 49.8 Å². The van der Waals surface area contributed by atoms with Crippen LogP contribution in [0.3, 0.4) is 0 Å². The molecule has 2 N–H and O–H groups in total. The van der Waals surface area contributed by atoms with Crippen LogP contribution in [0.5, 0.6) is 0 Å². The van der Waals surface area contributed by atoms with Crippen molar-refractivity contribution >= 4 is 17.7 Å². The number of amides is 1. The van der Waals surface area contributed by atoms with Crippen LogP contribution in [0.15, 0.2) is 30.5 Å². The molecule has 1 amide bonds. The maximum Gasteiger partial charge on any atom is 0.254 e. The van der Waals surface area contributed by atoms with Crippen molar-refractivity contribution in [2.45, 2.75) is 32.3 Å². The van der Waals surface area contributed by atoms with Crippen molar-refractivity contribution < 1.29 is 9.90 Å². The smallest absolute Gasteiger partial charge is 0.254 e. The van der Waals surface area contributed by atoms with Gasteiger partial charge in [-0.3, -0.25) is 4.79 Å². The average molecular weight is 345 g/mol. The van der Waals surface area contributed by atoms with Crippen LogP contribution in [-0.2, 0) is 0 Å². The molecule has 0 bridgehead atoms. The lowest BCUT2D eigenvalue weighted by molar-refractivity contribution is 0.0311. The zero-order chi connectivity index (χ0) is 17.2. The summed E-state index contributed by atoms with van der Waals surface area (Å²) in [5, 5.41) is 17.8. The molecular formula is C18H23N3O2S. The van der Waals surface area contributed by atoms with E-state index in [-0.39, 0.29) is 5.91 Å². The third kappa shape index (κ3) is 3.49. The molecule has 1 aromatic heterocycles. The van der Waals surface area contributed by atoms with E-state index in [2.05, 4.69) is 10.4 Å². The van der Waals surface area contributed by atoms with E-state index in [1.807, 2.05) is 49.9 Å². The van der Waals surface area contributed by atoms with Gasteiger partial charge in [0.15, 0.2) is 0 Å². The lowest BCUT2D eigenvalue weighted by atomic mass is 9.97. The molecule has 128 valence electrons. The maximum absolute atomic E-state index is 12.5. The summed E-state index contributed by atoms with van der Waals surface area (Å²) >= 11 is 1.85. The van der Waals surface area contributed by atoms with Gasteiger partial charge in [-0.2, -0.15) is 16.9 Å². The largest absolute Gasteiger partial charge is 0.388 e. The van der Waals surface area contributed by atoms with Crippen molar-refractivity contribution in [2.75, 3.05) is 18.1 Å². The predicted octanol–water partition coefficient (Wildman–Crippen LogP) is 2.48. The predicted molar refractivity (Wildman–Crippen MR) is 96.9 cm³/mol. The summed E-state index contributed by atoms with van der Waals surface area (Å²) in [6.45, 7) is 4.20. The molecule has 0 radical (unpaired) electrons. The first-order valence-corrected chi connectivity index (χ1v) is 9.35. The number of carbonyl (C=O) groups excluding carboxylic acids is 1. The van der Waals surface area contributed by atoms with Gasteiger partial charge < -0.3 is 10.4 Å². The first kappa shape index (κ1) is 17.0. The molecule has 1 aliphatic rings. The highest BCUT2D eigenvalue weighted by Gasteiger charge is 2.30. The van der Waals surface area contributed by atoms with Crippen LogP contribution in [0, 0.1) is 13.8 Å². The molecule has 0 saturated carbocycles. The van der Waals surface area contributed by atoms with Crippen molar-refractivity contribution in [3.05, 3.63) is 47.3 Å². The number of nitrogens with zero attached hydrogens (tertiary/aromatic N) is 2. The van der Waals surface area contributed by atoms with E-state index < -0.39 is 5.60 Å². The summed E-state index contributed by atoms with van der Waals surface area (Å²) in [5.74, 6) is 1.70. The normalized spacial score (nSPS) is 16.8. The Bertz CT molecular complexity index is 736. The lowest BCUT2D eigenvalue weighted by Gasteiger charge is -2.31. The first-order chi connectivity index (χ1) is 11.5. The number of thioether (sulfide) groups is 1. The molecular weight excluding hydrogens is 322 g/mol. The molecule has 0 unspecified atom stereocenters. The van der Waals surface area contributed by atoms with Crippen LogP contribution in [-0.4, -0.2) is 44.4 Å². The van der Waals surface area contributed by atoms with Crippen LogP contribution in [0.2, 0.25) is 0 Å². The van der Waals surface area contributed by atoms with Gasteiger partial charge in [0, 0.05) is 6.54 Å². The summed E-state index contributed by atoms with van der Waals surface area (Å²) < 4.78 is 1.79. The SMILES string of the molecule is Cc1ccccc1-n1ncc(C(=O)NCC2(O)CCSCC2)c1C. The minimum Gasteiger partial charge on any atom is -0.388 e. The fourth-order valence-electron chi connectivity index (χ4n) is 2.94. The lowest BCUT2D eigenvalue weighted by Crippen LogP contribution is -2.45. The van der Waals surface area contributed by atoms with Gasteiger partial charge in [0.2, 0.25) is 0 Å². The van der Waals surface area contributed by atoms with E-state index in [1.54, 1.807) is 10.9 Å². The Morgan fingerprint density at radius 1 is 1.33 bits per heavy atom. The van der Waals surface area contributed by atoms with E-state index in [1.165, 1.54) is 0 Å². The Balaban J connectivity index is 1.73. The molecule has 1 fully saturated rings. The summed E-state index contributed by atoms with van der Waals surface area (Å²) in [6, 6.07) is 7.94. The molecule has 2 heterocycles. The van der Waals surface area contributed by atoms with Crippen LogP contribution in [0.4, 0.5) is 0 Å². The molecule has 24 heavy (non-hydrogen) atoms. The highest BCUT2D eigenvalue weighted by Crippen LogP contribution is 2.26. The third-order valence-electron chi connectivity index (χ3n) is 4.60. The van der Waals surface area contributed by atoms with E-state index in [0.717, 1.165) is 41.3 Å². The fourth-order valence-corrected chi connectivity index (χ4v) is 4.20. The average Bonchev–Trinajstić information content (AvgIpc) is 2.95. The molecule has 2 aromatic rings. The number of aromatic nitrogens is 2. The minimum atomic E-state index is -0.777. The molecule has 0 aliphatic carbocycles. The number of para-hydroxylation sites is 1. The summed E-state index contributed by atoms with van der Waals surface area (Å²) in [6.07, 6.45) is 3.04. The van der Waals surface area contributed by atoms with Gasteiger partial charge in [0.05, 0.1) is 28.7 Å². The number of aryl methyl sites for hydroxylation is 1. The molecule has 0 spiro atoms. The number of aliphatic hydroxyl groups is 1. The Kier molecular flexibility index (Phi) is 4.96. The van der Waals surface area contributed by atoms with Gasteiger partial charge in [-0.25, -0.2) is 4.68 Å². The Morgan fingerprint density at radius 3 is 2.75 bits per heavy atom. The van der Waals surface area contributed by atoms with Gasteiger partial charge in [0.1, 0.15) is 0 Å². The summed E-state index contributed by atoms with van der Waals surface area (Å²) in [7, 11) is 0. The van der Waals surface area contributed by atoms with Gasteiger partial charge >= 0.3 is 0 Å². The van der Waals surface area contributed by atoms with Gasteiger partial charge in [-0.15, -0.1) is 0 Å². The minimum absolute atomic E-state index is 0.181. The van der Waals surface area contributed by atoms with E-state index in [9.17, 15) is 9.90 Å². The second-order valence-electron chi connectivity index (χ2n) is 6.36. The Morgan fingerprint density at radius 2 is 2.04 bits per heavy atom. The number of benzene rings is 1. The second-order valence-corrected chi connectivity index (χ2v) is 7.59. The van der Waals surface area contributed by atoms with E-state index >= 15 is 0 Å². The van der Waals surface area contributed by atoms with Crippen LogP contribution < -0.4 is 5.32 Å². The van der Waals surface area contributed by atoms with Crippen LogP contribution >= 0.6 is 11.8 Å². The molecule has 1 saturated heterocycles. The second kappa shape index (κ2) is 6.99. The topological polar surface area (TPSA) is 67.2 Å². The Labute approximate surface area is 146 Å². The molecule has 1 aliphatic heterocycles. The van der Waals surface area contributed by atoms with E-state index in [4.69, 9.17) is 0 Å². The van der Waals surface area contributed by atoms with Crippen molar-refractivity contribution in [1.29, 1.82) is 0 Å². The zero-order valence-electron chi connectivity index (χ0n) is 14.1. The molecule has 1 aromatic carbocycles. The highest BCUT2D eigenvalue weighted by atomic mass is 32.2. The number of nitrogens with one attached hydrogen (secondary N) is 1.